The fourth-order valence-electron chi connectivity index (χ4n) is 2.95. The Morgan fingerprint density at radius 2 is 1.62 bits per heavy atom. The molecule has 0 aliphatic carbocycles. The van der Waals surface area contributed by atoms with Crippen LogP contribution in [-0.4, -0.2) is 33.4 Å². The van der Waals surface area contributed by atoms with Gasteiger partial charge in [0.2, 0.25) is 0 Å². The zero-order valence-electron chi connectivity index (χ0n) is 17.6. The molecule has 0 fully saturated rings. The van der Waals surface area contributed by atoms with Crippen LogP contribution in [-0.2, 0) is 20.4 Å². The van der Waals surface area contributed by atoms with E-state index in [4.69, 9.17) is 4.74 Å². The summed E-state index contributed by atoms with van der Waals surface area (Å²) in [5.74, 6) is -0.264. The van der Waals surface area contributed by atoms with Crippen molar-refractivity contribution in [2.75, 3.05) is 18.5 Å². The van der Waals surface area contributed by atoms with Gasteiger partial charge < -0.3 is 15.4 Å². The Kier molecular flexibility index (Phi) is 7.62. The van der Waals surface area contributed by atoms with Gasteiger partial charge >= 0.3 is 0 Å². The lowest BCUT2D eigenvalue weighted by Crippen LogP contribution is -2.28. The van der Waals surface area contributed by atoms with Crippen LogP contribution in [0.2, 0.25) is 0 Å². The molecule has 2 amide bonds. The molecule has 166 valence electrons. The molecule has 2 N–H and O–H groups in total. The van der Waals surface area contributed by atoms with Gasteiger partial charge in [0.05, 0.1) is 10.6 Å². The molecule has 0 saturated carbocycles. The minimum absolute atomic E-state index is 0.113. The van der Waals surface area contributed by atoms with Crippen molar-refractivity contribution in [3.8, 4) is 5.75 Å². The van der Waals surface area contributed by atoms with E-state index in [-0.39, 0.29) is 29.1 Å². The van der Waals surface area contributed by atoms with Gasteiger partial charge in [-0.3, -0.25) is 9.59 Å². The average Bonchev–Trinajstić information content (AvgIpc) is 2.79. The van der Waals surface area contributed by atoms with Gasteiger partial charge in [-0.1, -0.05) is 36.4 Å². The van der Waals surface area contributed by atoms with Gasteiger partial charge in [0.1, 0.15) is 5.75 Å². The molecular weight excluding hydrogens is 428 g/mol. The molecule has 0 aromatic heterocycles. The molecule has 0 unspecified atom stereocenters. The van der Waals surface area contributed by atoms with Crippen molar-refractivity contribution in [3.63, 3.8) is 0 Å². The zero-order chi connectivity index (χ0) is 23.0. The minimum atomic E-state index is -3.46. The van der Waals surface area contributed by atoms with E-state index in [1.54, 1.807) is 78.9 Å². The molecule has 0 spiro atoms. The standard InChI is InChI=1S/C24H24N2O5S/c1-2-25-23(27)16-31-21-8-6-7-20(15-21)26-24(28)19-13-11-18(12-14-19)17-32(29,30)22-9-4-3-5-10-22/h3-15H,2,16-17H2,1H3,(H,25,27)(H,26,28). The first-order chi connectivity index (χ1) is 15.4. The van der Waals surface area contributed by atoms with Crippen molar-refractivity contribution in [1.82, 2.24) is 5.32 Å². The van der Waals surface area contributed by atoms with Crippen LogP contribution < -0.4 is 15.4 Å². The monoisotopic (exact) mass is 452 g/mol. The van der Waals surface area contributed by atoms with E-state index in [1.807, 2.05) is 6.92 Å². The molecule has 3 aromatic carbocycles. The Morgan fingerprint density at radius 1 is 0.906 bits per heavy atom. The van der Waals surface area contributed by atoms with Crippen LogP contribution in [0.5, 0.6) is 5.75 Å². The second-order valence-electron chi connectivity index (χ2n) is 6.99. The van der Waals surface area contributed by atoms with E-state index >= 15 is 0 Å². The third-order valence-corrected chi connectivity index (χ3v) is 6.21. The van der Waals surface area contributed by atoms with Crippen molar-refractivity contribution < 1.29 is 22.7 Å². The summed E-state index contributed by atoms with van der Waals surface area (Å²) in [6.45, 7) is 2.23. The number of sulfone groups is 1. The van der Waals surface area contributed by atoms with Gasteiger partial charge in [-0.25, -0.2) is 8.42 Å². The molecule has 0 heterocycles. The molecular formula is C24H24N2O5S. The average molecular weight is 453 g/mol. The first kappa shape index (κ1) is 23.0. The van der Waals surface area contributed by atoms with Crippen molar-refractivity contribution in [1.29, 1.82) is 0 Å². The Balaban J connectivity index is 1.61. The zero-order valence-corrected chi connectivity index (χ0v) is 18.4. The number of carbonyl (C=O) groups excluding carboxylic acids is 2. The maximum Gasteiger partial charge on any atom is 0.257 e. The fourth-order valence-corrected chi connectivity index (χ4v) is 4.32. The number of rotatable bonds is 9. The van der Waals surface area contributed by atoms with Crippen LogP contribution in [0.1, 0.15) is 22.8 Å². The topological polar surface area (TPSA) is 102 Å². The normalized spacial score (nSPS) is 10.9. The summed E-state index contributed by atoms with van der Waals surface area (Å²) in [6.07, 6.45) is 0. The van der Waals surface area contributed by atoms with Crippen molar-refractivity contribution in [3.05, 3.63) is 90.0 Å². The van der Waals surface area contributed by atoms with E-state index in [1.165, 1.54) is 0 Å². The van der Waals surface area contributed by atoms with Gasteiger partial charge in [-0.2, -0.15) is 0 Å². The lowest BCUT2D eigenvalue weighted by molar-refractivity contribution is -0.122. The second kappa shape index (κ2) is 10.6. The molecule has 32 heavy (non-hydrogen) atoms. The van der Waals surface area contributed by atoms with E-state index < -0.39 is 9.84 Å². The van der Waals surface area contributed by atoms with E-state index in [2.05, 4.69) is 10.6 Å². The summed E-state index contributed by atoms with van der Waals surface area (Å²) in [6, 6.07) is 21.4. The summed E-state index contributed by atoms with van der Waals surface area (Å²) in [4.78, 5) is 24.3. The number of benzene rings is 3. The molecule has 0 aliphatic rings. The highest BCUT2D eigenvalue weighted by atomic mass is 32.2. The highest BCUT2D eigenvalue weighted by Gasteiger charge is 2.15. The van der Waals surface area contributed by atoms with Crippen LogP contribution in [0.15, 0.2) is 83.8 Å². The second-order valence-corrected chi connectivity index (χ2v) is 8.98. The molecule has 3 rings (SSSR count). The van der Waals surface area contributed by atoms with Crippen molar-refractivity contribution in [2.45, 2.75) is 17.6 Å². The minimum Gasteiger partial charge on any atom is -0.484 e. The van der Waals surface area contributed by atoms with E-state index in [0.717, 1.165) is 0 Å². The molecule has 7 nitrogen and oxygen atoms in total. The maximum absolute atomic E-state index is 12.6. The number of hydrogen-bond donors (Lipinski definition) is 2. The van der Waals surface area contributed by atoms with Crippen LogP contribution in [0.4, 0.5) is 5.69 Å². The predicted octanol–water partition coefficient (Wildman–Crippen LogP) is 3.43. The third-order valence-electron chi connectivity index (χ3n) is 4.51. The number of anilines is 1. The summed E-state index contributed by atoms with van der Waals surface area (Å²) >= 11 is 0. The number of nitrogens with one attached hydrogen (secondary N) is 2. The van der Waals surface area contributed by atoms with Gasteiger partial charge in [-0.15, -0.1) is 0 Å². The van der Waals surface area contributed by atoms with Crippen molar-refractivity contribution in [2.24, 2.45) is 0 Å². The summed E-state index contributed by atoms with van der Waals surface area (Å²) in [5, 5.41) is 5.41. The lowest BCUT2D eigenvalue weighted by atomic mass is 10.1. The molecule has 0 radical (unpaired) electrons. The predicted molar refractivity (Wildman–Crippen MR) is 122 cm³/mol. The number of amides is 2. The van der Waals surface area contributed by atoms with Crippen molar-refractivity contribution >= 4 is 27.3 Å². The molecule has 3 aromatic rings. The quantitative estimate of drug-likeness (QED) is 0.518. The van der Waals surface area contributed by atoms with Crippen LogP contribution >= 0.6 is 0 Å². The maximum atomic E-state index is 12.6. The number of hydrogen-bond acceptors (Lipinski definition) is 5. The molecule has 0 saturated heterocycles. The Bertz CT molecular complexity index is 1180. The third kappa shape index (κ3) is 6.42. The molecule has 0 atom stereocenters. The first-order valence-corrected chi connectivity index (χ1v) is 11.7. The highest BCUT2D eigenvalue weighted by molar-refractivity contribution is 7.90. The Hall–Kier alpha value is -3.65. The van der Waals surface area contributed by atoms with Gasteiger partial charge in [0.25, 0.3) is 11.8 Å². The van der Waals surface area contributed by atoms with Crippen LogP contribution in [0.25, 0.3) is 0 Å². The largest absolute Gasteiger partial charge is 0.484 e. The van der Waals surface area contributed by atoms with Gasteiger partial charge in [0.15, 0.2) is 16.4 Å². The summed E-state index contributed by atoms with van der Waals surface area (Å²) < 4.78 is 30.4. The fraction of sp³-hybridized carbons (Fsp3) is 0.167. The Morgan fingerprint density at radius 3 is 2.31 bits per heavy atom. The van der Waals surface area contributed by atoms with Crippen LogP contribution in [0.3, 0.4) is 0 Å². The number of likely N-dealkylation sites (N-methyl/N-ethyl adjacent to an activating group) is 1. The Labute approximate surface area is 187 Å². The van der Waals surface area contributed by atoms with Crippen LogP contribution in [0, 0.1) is 0 Å². The smallest absolute Gasteiger partial charge is 0.257 e. The number of ether oxygens (including phenoxy) is 1. The SMILES string of the molecule is CCNC(=O)COc1cccc(NC(=O)c2ccc(CS(=O)(=O)c3ccccc3)cc2)c1. The van der Waals surface area contributed by atoms with Gasteiger partial charge in [-0.05, 0) is 48.9 Å². The molecule has 0 aliphatic heterocycles. The lowest BCUT2D eigenvalue weighted by Gasteiger charge is -2.10. The van der Waals surface area contributed by atoms with E-state index in [9.17, 15) is 18.0 Å². The highest BCUT2D eigenvalue weighted by Crippen LogP contribution is 2.19. The first-order valence-electron chi connectivity index (χ1n) is 10.0. The summed E-state index contributed by atoms with van der Waals surface area (Å²) in [5.41, 5.74) is 1.49. The van der Waals surface area contributed by atoms with Gasteiger partial charge in [0, 0.05) is 23.9 Å². The molecule has 8 heteroatoms. The molecule has 0 bridgehead atoms. The summed E-state index contributed by atoms with van der Waals surface area (Å²) in [7, 11) is -3.46. The van der Waals surface area contributed by atoms with E-state index in [0.29, 0.717) is 29.1 Å². The number of carbonyl (C=O) groups is 2.